The van der Waals surface area contributed by atoms with Gasteiger partial charge in [-0.2, -0.15) is 0 Å². The highest BCUT2D eigenvalue weighted by atomic mass is 16.5. The van der Waals surface area contributed by atoms with Gasteiger partial charge in [0.15, 0.2) is 0 Å². The summed E-state index contributed by atoms with van der Waals surface area (Å²) in [4.78, 5) is 2.51. The molecule has 0 spiro atoms. The summed E-state index contributed by atoms with van der Waals surface area (Å²) in [5.41, 5.74) is 2.52. The summed E-state index contributed by atoms with van der Waals surface area (Å²) in [5.74, 6) is 1.83. The Morgan fingerprint density at radius 1 is 1.04 bits per heavy atom. The minimum absolute atomic E-state index is 0.303. The normalized spacial score (nSPS) is 17.8. The maximum Gasteiger partial charge on any atom is 0.123 e. The van der Waals surface area contributed by atoms with E-state index in [-0.39, 0.29) is 0 Å². The molecular formula is C21H28N2O3. The monoisotopic (exact) mass is 356 g/mol. The van der Waals surface area contributed by atoms with Crippen LogP contribution in [0.3, 0.4) is 0 Å². The number of hydrogen-bond donors (Lipinski definition) is 1. The van der Waals surface area contributed by atoms with Crippen molar-refractivity contribution in [1.29, 1.82) is 0 Å². The van der Waals surface area contributed by atoms with Crippen molar-refractivity contribution in [2.24, 2.45) is 0 Å². The van der Waals surface area contributed by atoms with E-state index >= 15 is 0 Å². The van der Waals surface area contributed by atoms with Crippen LogP contribution in [0.2, 0.25) is 0 Å². The summed E-state index contributed by atoms with van der Waals surface area (Å²) < 4.78 is 16.2. The summed E-state index contributed by atoms with van der Waals surface area (Å²) in [6, 6.07) is 17.0. The molecule has 1 fully saturated rings. The molecule has 1 atom stereocenters. The average Bonchev–Trinajstić information content (AvgIpc) is 2.70. The number of hydrogen-bond acceptors (Lipinski definition) is 5. The second-order valence-corrected chi connectivity index (χ2v) is 6.42. The first-order valence-electron chi connectivity index (χ1n) is 9.10. The number of ether oxygens (including phenoxy) is 3. The molecule has 3 rings (SSSR count). The number of methoxy groups -OCH3 is 2. The molecule has 5 nitrogen and oxygen atoms in total. The summed E-state index contributed by atoms with van der Waals surface area (Å²) >= 11 is 0. The quantitative estimate of drug-likeness (QED) is 0.737. The standard InChI is InChI=1S/C21H28N2O3/c1-24-13-14-26-18-9-7-17(8-10-18)16-23-12-11-22-15-20(23)19-5-3-4-6-21(19)25-2/h3-10,20,22H,11-16H2,1-2H3. The Morgan fingerprint density at radius 3 is 2.62 bits per heavy atom. The third kappa shape index (κ3) is 4.75. The molecule has 1 aliphatic rings. The molecule has 2 aromatic carbocycles. The van der Waals surface area contributed by atoms with E-state index in [9.17, 15) is 0 Å². The zero-order valence-corrected chi connectivity index (χ0v) is 15.6. The van der Waals surface area contributed by atoms with Crippen molar-refractivity contribution in [2.45, 2.75) is 12.6 Å². The highest BCUT2D eigenvalue weighted by Crippen LogP contribution is 2.31. The first kappa shape index (κ1) is 18.7. The van der Waals surface area contributed by atoms with Gasteiger partial charge in [0.05, 0.1) is 19.8 Å². The highest BCUT2D eigenvalue weighted by Gasteiger charge is 2.26. The van der Waals surface area contributed by atoms with Gasteiger partial charge in [-0.1, -0.05) is 30.3 Å². The van der Waals surface area contributed by atoms with E-state index in [0.29, 0.717) is 19.3 Å². The molecule has 0 aliphatic carbocycles. The van der Waals surface area contributed by atoms with Gasteiger partial charge in [0, 0.05) is 38.9 Å². The molecule has 0 aromatic heterocycles. The lowest BCUT2D eigenvalue weighted by molar-refractivity contribution is 0.146. The summed E-state index contributed by atoms with van der Waals surface area (Å²) in [7, 11) is 3.42. The van der Waals surface area contributed by atoms with Crippen LogP contribution in [0.5, 0.6) is 11.5 Å². The van der Waals surface area contributed by atoms with Crippen LogP contribution in [-0.2, 0) is 11.3 Å². The van der Waals surface area contributed by atoms with E-state index in [2.05, 4.69) is 34.5 Å². The summed E-state index contributed by atoms with van der Waals surface area (Å²) in [5, 5.41) is 3.51. The fraction of sp³-hybridized carbons (Fsp3) is 0.429. The van der Waals surface area contributed by atoms with Gasteiger partial charge >= 0.3 is 0 Å². The molecule has 1 heterocycles. The SMILES string of the molecule is COCCOc1ccc(CN2CCNCC2c2ccccc2OC)cc1. The lowest BCUT2D eigenvalue weighted by Crippen LogP contribution is -2.45. The number of benzene rings is 2. The average molecular weight is 356 g/mol. The van der Waals surface area contributed by atoms with Crippen molar-refractivity contribution in [1.82, 2.24) is 10.2 Å². The number of nitrogens with one attached hydrogen (secondary N) is 1. The van der Waals surface area contributed by atoms with Gasteiger partial charge < -0.3 is 19.5 Å². The van der Waals surface area contributed by atoms with Crippen LogP contribution in [-0.4, -0.2) is 52.0 Å². The van der Waals surface area contributed by atoms with E-state index in [1.54, 1.807) is 14.2 Å². The van der Waals surface area contributed by atoms with Crippen LogP contribution in [0.15, 0.2) is 48.5 Å². The Morgan fingerprint density at radius 2 is 1.85 bits per heavy atom. The third-order valence-electron chi connectivity index (χ3n) is 4.72. The lowest BCUT2D eigenvalue weighted by atomic mass is 10.0. The maximum absolute atomic E-state index is 5.65. The molecule has 5 heteroatoms. The van der Waals surface area contributed by atoms with Crippen molar-refractivity contribution >= 4 is 0 Å². The number of rotatable bonds is 8. The third-order valence-corrected chi connectivity index (χ3v) is 4.72. The second-order valence-electron chi connectivity index (χ2n) is 6.42. The minimum atomic E-state index is 0.303. The molecule has 2 aromatic rings. The molecule has 140 valence electrons. The fourth-order valence-corrected chi connectivity index (χ4v) is 3.35. The van der Waals surface area contributed by atoms with Crippen molar-refractivity contribution in [3.05, 3.63) is 59.7 Å². The van der Waals surface area contributed by atoms with Crippen molar-refractivity contribution in [2.75, 3.05) is 47.1 Å². The van der Waals surface area contributed by atoms with Crippen LogP contribution in [0.25, 0.3) is 0 Å². The first-order valence-corrected chi connectivity index (χ1v) is 9.10. The summed E-state index contributed by atoms with van der Waals surface area (Å²) in [6.45, 7) is 5.02. The van der Waals surface area contributed by atoms with Gasteiger partial charge in [-0.3, -0.25) is 4.90 Å². The molecule has 1 N–H and O–H groups in total. The Hall–Kier alpha value is -2.08. The predicted molar refractivity (Wildman–Crippen MR) is 103 cm³/mol. The molecule has 0 bridgehead atoms. The van der Waals surface area contributed by atoms with E-state index < -0.39 is 0 Å². The van der Waals surface area contributed by atoms with Crippen LogP contribution in [0.4, 0.5) is 0 Å². The molecule has 1 unspecified atom stereocenters. The zero-order chi connectivity index (χ0) is 18.2. The van der Waals surface area contributed by atoms with Gasteiger partial charge in [0.2, 0.25) is 0 Å². The first-order chi connectivity index (χ1) is 12.8. The maximum atomic E-state index is 5.65. The molecule has 1 saturated heterocycles. The van der Waals surface area contributed by atoms with Crippen molar-refractivity contribution < 1.29 is 14.2 Å². The summed E-state index contributed by atoms with van der Waals surface area (Å²) in [6.07, 6.45) is 0. The molecule has 0 amide bonds. The number of para-hydroxylation sites is 1. The highest BCUT2D eigenvalue weighted by molar-refractivity contribution is 5.36. The Balaban J connectivity index is 1.68. The Labute approximate surface area is 155 Å². The van der Waals surface area contributed by atoms with Crippen LogP contribution >= 0.6 is 0 Å². The van der Waals surface area contributed by atoms with E-state index in [1.807, 2.05) is 24.3 Å². The van der Waals surface area contributed by atoms with Gasteiger partial charge in [-0.25, -0.2) is 0 Å². The smallest absolute Gasteiger partial charge is 0.123 e. The molecular weight excluding hydrogens is 328 g/mol. The van der Waals surface area contributed by atoms with E-state index in [4.69, 9.17) is 14.2 Å². The lowest BCUT2D eigenvalue weighted by Gasteiger charge is -2.37. The van der Waals surface area contributed by atoms with Crippen LogP contribution in [0, 0.1) is 0 Å². The van der Waals surface area contributed by atoms with Crippen LogP contribution in [0.1, 0.15) is 17.2 Å². The van der Waals surface area contributed by atoms with Gasteiger partial charge in [0.1, 0.15) is 18.1 Å². The molecule has 1 aliphatic heterocycles. The Bertz CT molecular complexity index is 675. The van der Waals surface area contributed by atoms with Crippen molar-refractivity contribution in [3.8, 4) is 11.5 Å². The van der Waals surface area contributed by atoms with Crippen molar-refractivity contribution in [3.63, 3.8) is 0 Å². The van der Waals surface area contributed by atoms with Crippen LogP contribution < -0.4 is 14.8 Å². The zero-order valence-electron chi connectivity index (χ0n) is 15.6. The van der Waals surface area contributed by atoms with Gasteiger partial charge in [0.25, 0.3) is 0 Å². The molecule has 0 radical (unpaired) electrons. The Kier molecular flexibility index (Phi) is 6.89. The molecule has 0 saturated carbocycles. The fourth-order valence-electron chi connectivity index (χ4n) is 3.35. The number of nitrogens with zero attached hydrogens (tertiary/aromatic N) is 1. The van der Waals surface area contributed by atoms with Gasteiger partial charge in [-0.15, -0.1) is 0 Å². The minimum Gasteiger partial charge on any atom is -0.496 e. The number of piperazine rings is 1. The second kappa shape index (κ2) is 9.57. The topological polar surface area (TPSA) is 43.0 Å². The molecule has 26 heavy (non-hydrogen) atoms. The van der Waals surface area contributed by atoms with E-state index in [1.165, 1.54) is 11.1 Å². The predicted octanol–water partition coefficient (Wildman–Crippen LogP) is 2.87. The van der Waals surface area contributed by atoms with Gasteiger partial charge in [-0.05, 0) is 23.8 Å². The van der Waals surface area contributed by atoms with E-state index in [0.717, 1.165) is 37.7 Å². The largest absolute Gasteiger partial charge is 0.496 e.